The zero-order valence-corrected chi connectivity index (χ0v) is 9.78. The third-order valence-corrected chi connectivity index (χ3v) is 2.16. The van der Waals surface area contributed by atoms with Crippen molar-refractivity contribution in [2.75, 3.05) is 6.61 Å². The van der Waals surface area contributed by atoms with E-state index in [1.54, 1.807) is 19.1 Å². The van der Waals surface area contributed by atoms with Crippen LogP contribution in [0.2, 0.25) is 0 Å². The molecule has 2 rings (SSSR count). The van der Waals surface area contributed by atoms with Gasteiger partial charge in [-0.15, -0.1) is 10.2 Å². The van der Waals surface area contributed by atoms with Crippen LogP contribution in [0.5, 0.6) is 0 Å². The summed E-state index contributed by atoms with van der Waals surface area (Å²) in [6.07, 6.45) is 1.51. The molecular weight excluding hydrogens is 238 g/mol. The minimum atomic E-state index is -0.300. The number of aromatic nitrogens is 4. The third-order valence-electron chi connectivity index (χ3n) is 2.16. The fraction of sp³-hybridized carbons (Fsp3) is 0.400. The molecule has 0 aliphatic carbocycles. The van der Waals surface area contributed by atoms with Gasteiger partial charge in [-0.05, 0) is 24.3 Å². The molecule has 0 saturated carbocycles. The Morgan fingerprint density at radius 3 is 3.17 bits per heavy atom. The summed E-state index contributed by atoms with van der Waals surface area (Å²) < 4.78 is 5.11. The molecule has 0 radical (unpaired) electrons. The summed E-state index contributed by atoms with van der Waals surface area (Å²) in [6.45, 7) is 1.52. The van der Waals surface area contributed by atoms with Crippen molar-refractivity contribution in [3.05, 3.63) is 18.4 Å². The number of tetrazole rings is 1. The highest BCUT2D eigenvalue weighted by Crippen LogP contribution is 2.12. The van der Waals surface area contributed by atoms with Gasteiger partial charge in [-0.3, -0.25) is 4.79 Å². The van der Waals surface area contributed by atoms with Crippen LogP contribution in [0.15, 0.2) is 22.8 Å². The first-order valence-electron chi connectivity index (χ1n) is 5.41. The van der Waals surface area contributed by atoms with Crippen molar-refractivity contribution >= 4 is 5.91 Å². The van der Waals surface area contributed by atoms with Gasteiger partial charge in [0.1, 0.15) is 6.54 Å². The quantitative estimate of drug-likeness (QED) is 0.737. The van der Waals surface area contributed by atoms with Crippen LogP contribution in [0.4, 0.5) is 0 Å². The number of hydrogen-bond donors (Lipinski definition) is 2. The van der Waals surface area contributed by atoms with Crippen molar-refractivity contribution in [3.63, 3.8) is 0 Å². The van der Waals surface area contributed by atoms with E-state index < -0.39 is 0 Å². The minimum Gasteiger partial charge on any atom is -0.461 e. The van der Waals surface area contributed by atoms with E-state index in [-0.39, 0.29) is 25.1 Å². The summed E-state index contributed by atoms with van der Waals surface area (Å²) in [5.41, 5.74) is 0. The Morgan fingerprint density at radius 2 is 2.50 bits per heavy atom. The predicted octanol–water partition coefficient (Wildman–Crippen LogP) is -0.570. The lowest BCUT2D eigenvalue weighted by Gasteiger charge is -2.09. The number of carbonyl (C=O) groups excluding carboxylic acids is 1. The Morgan fingerprint density at radius 1 is 1.67 bits per heavy atom. The maximum Gasteiger partial charge on any atom is 0.243 e. The lowest BCUT2D eigenvalue weighted by molar-refractivity contribution is -0.122. The second-order valence-electron chi connectivity index (χ2n) is 3.77. The van der Waals surface area contributed by atoms with Gasteiger partial charge >= 0.3 is 0 Å². The lowest BCUT2D eigenvalue weighted by Crippen LogP contribution is -2.37. The van der Waals surface area contributed by atoms with Crippen LogP contribution in [0.1, 0.15) is 6.92 Å². The van der Waals surface area contributed by atoms with Crippen LogP contribution in [-0.2, 0) is 11.3 Å². The number of nitrogens with one attached hydrogen (secondary N) is 1. The van der Waals surface area contributed by atoms with Gasteiger partial charge in [0.2, 0.25) is 11.7 Å². The molecule has 2 heterocycles. The van der Waals surface area contributed by atoms with E-state index in [4.69, 9.17) is 9.52 Å². The lowest BCUT2D eigenvalue weighted by atomic mass is 10.3. The molecule has 0 bridgehead atoms. The molecule has 0 aromatic carbocycles. The average molecular weight is 251 g/mol. The summed E-state index contributed by atoms with van der Waals surface area (Å²) in [4.78, 5) is 12.7. The second kappa shape index (κ2) is 5.41. The third kappa shape index (κ3) is 2.92. The van der Waals surface area contributed by atoms with Gasteiger partial charge in [-0.2, -0.15) is 4.80 Å². The van der Waals surface area contributed by atoms with Crippen molar-refractivity contribution in [3.8, 4) is 11.6 Å². The molecule has 2 aromatic heterocycles. The molecular formula is C10H13N5O3. The van der Waals surface area contributed by atoms with Gasteiger partial charge in [0.15, 0.2) is 5.76 Å². The number of carbonyl (C=O) groups is 1. The van der Waals surface area contributed by atoms with E-state index in [1.807, 2.05) is 0 Å². The number of rotatable bonds is 5. The first-order valence-corrected chi connectivity index (χ1v) is 5.41. The van der Waals surface area contributed by atoms with Crippen LogP contribution in [0.25, 0.3) is 11.6 Å². The summed E-state index contributed by atoms with van der Waals surface area (Å²) in [5.74, 6) is 0.522. The highest BCUT2D eigenvalue weighted by molar-refractivity contribution is 5.75. The number of nitrogens with zero attached hydrogens (tertiary/aromatic N) is 4. The van der Waals surface area contributed by atoms with Crippen LogP contribution >= 0.6 is 0 Å². The van der Waals surface area contributed by atoms with Crippen molar-refractivity contribution in [2.24, 2.45) is 0 Å². The minimum absolute atomic E-state index is 0.0575. The Labute approximate surface area is 103 Å². The van der Waals surface area contributed by atoms with Crippen molar-refractivity contribution in [2.45, 2.75) is 19.5 Å². The Hall–Kier alpha value is -2.22. The molecule has 1 amide bonds. The maximum absolute atomic E-state index is 11.5. The number of hydrogen-bond acceptors (Lipinski definition) is 6. The standard InChI is InChI=1S/C10H13N5O3/c1-7(6-16)11-9(17)5-15-13-10(12-14-15)8-3-2-4-18-8/h2-4,7,16H,5-6H2,1H3,(H,11,17)/t7-/m0/s1. The van der Waals surface area contributed by atoms with Gasteiger partial charge in [0.25, 0.3) is 0 Å². The smallest absolute Gasteiger partial charge is 0.243 e. The first-order chi connectivity index (χ1) is 8.69. The normalized spacial score (nSPS) is 12.3. The van der Waals surface area contributed by atoms with E-state index in [2.05, 4.69) is 20.7 Å². The van der Waals surface area contributed by atoms with E-state index >= 15 is 0 Å². The molecule has 0 spiro atoms. The van der Waals surface area contributed by atoms with Crippen molar-refractivity contribution in [1.29, 1.82) is 0 Å². The van der Waals surface area contributed by atoms with Crippen LogP contribution < -0.4 is 5.32 Å². The molecule has 18 heavy (non-hydrogen) atoms. The second-order valence-corrected chi connectivity index (χ2v) is 3.77. The molecule has 0 aliphatic heterocycles. The summed E-state index contributed by atoms with van der Waals surface area (Å²) in [6, 6.07) is 3.12. The molecule has 0 aliphatic rings. The van der Waals surface area contributed by atoms with Gasteiger partial charge in [0, 0.05) is 6.04 Å². The van der Waals surface area contributed by atoms with Gasteiger partial charge in [0.05, 0.1) is 12.9 Å². The van der Waals surface area contributed by atoms with Crippen LogP contribution in [0, 0.1) is 0 Å². The molecule has 2 aromatic rings. The Kier molecular flexibility index (Phi) is 3.68. The number of furan rings is 1. The number of aliphatic hydroxyl groups is 1. The molecule has 1 atom stereocenters. The summed E-state index contributed by atoms with van der Waals surface area (Å²) >= 11 is 0. The Bertz CT molecular complexity index is 507. The van der Waals surface area contributed by atoms with Gasteiger partial charge in [-0.25, -0.2) is 0 Å². The Balaban J connectivity index is 1.97. The maximum atomic E-state index is 11.5. The van der Waals surface area contributed by atoms with E-state index in [0.717, 1.165) is 4.80 Å². The molecule has 8 heteroatoms. The molecule has 96 valence electrons. The van der Waals surface area contributed by atoms with E-state index in [0.29, 0.717) is 11.6 Å². The number of amides is 1. The molecule has 2 N–H and O–H groups in total. The summed E-state index contributed by atoms with van der Waals surface area (Å²) in [7, 11) is 0. The highest BCUT2D eigenvalue weighted by Gasteiger charge is 2.12. The molecule has 0 unspecified atom stereocenters. The SMILES string of the molecule is C[C@@H](CO)NC(=O)Cn1nnc(-c2ccco2)n1. The largest absolute Gasteiger partial charge is 0.461 e. The van der Waals surface area contributed by atoms with Crippen molar-refractivity contribution < 1.29 is 14.3 Å². The predicted molar refractivity (Wildman–Crippen MR) is 60.2 cm³/mol. The fourth-order valence-electron chi connectivity index (χ4n) is 1.31. The van der Waals surface area contributed by atoms with Crippen molar-refractivity contribution in [1.82, 2.24) is 25.5 Å². The zero-order chi connectivity index (χ0) is 13.0. The monoisotopic (exact) mass is 251 g/mol. The topological polar surface area (TPSA) is 106 Å². The first kappa shape index (κ1) is 12.2. The summed E-state index contributed by atoms with van der Waals surface area (Å²) in [5, 5.41) is 22.9. The molecule has 0 saturated heterocycles. The molecule has 8 nitrogen and oxygen atoms in total. The van der Waals surface area contributed by atoms with E-state index in [9.17, 15) is 4.79 Å². The van der Waals surface area contributed by atoms with Gasteiger partial charge in [-0.1, -0.05) is 0 Å². The fourth-order valence-corrected chi connectivity index (χ4v) is 1.31. The average Bonchev–Trinajstić information content (AvgIpc) is 2.98. The number of aliphatic hydroxyl groups excluding tert-OH is 1. The van der Waals surface area contributed by atoms with Crippen LogP contribution in [-0.4, -0.2) is 43.9 Å². The highest BCUT2D eigenvalue weighted by atomic mass is 16.3. The zero-order valence-electron chi connectivity index (χ0n) is 9.78. The molecule has 0 fully saturated rings. The van der Waals surface area contributed by atoms with E-state index in [1.165, 1.54) is 6.26 Å². The van der Waals surface area contributed by atoms with Gasteiger partial charge < -0.3 is 14.8 Å². The van der Waals surface area contributed by atoms with Crippen LogP contribution in [0.3, 0.4) is 0 Å².